The molecule has 0 fully saturated rings. The molecule has 0 radical (unpaired) electrons. The van der Waals surface area contributed by atoms with E-state index in [0.717, 1.165) is 29.8 Å². The summed E-state index contributed by atoms with van der Waals surface area (Å²) in [6.07, 6.45) is 1.97. The minimum atomic E-state index is -0.168. The molecule has 1 unspecified atom stereocenters. The average Bonchev–Trinajstić information content (AvgIpc) is 2.94. The lowest BCUT2D eigenvalue weighted by molar-refractivity contribution is 0.248. The van der Waals surface area contributed by atoms with Crippen LogP contribution in [0.3, 0.4) is 0 Å². The molecular formula is C19H22N2O2. The van der Waals surface area contributed by atoms with Crippen molar-refractivity contribution in [2.75, 3.05) is 11.9 Å². The fourth-order valence-corrected chi connectivity index (χ4v) is 3.06. The first-order valence-corrected chi connectivity index (χ1v) is 8.06. The minimum Gasteiger partial charge on any atom is -0.494 e. The Morgan fingerprint density at radius 3 is 2.87 bits per heavy atom. The van der Waals surface area contributed by atoms with E-state index in [2.05, 4.69) is 22.8 Å². The van der Waals surface area contributed by atoms with E-state index in [4.69, 9.17) is 4.74 Å². The zero-order chi connectivity index (χ0) is 16.2. The van der Waals surface area contributed by atoms with Gasteiger partial charge >= 0.3 is 6.03 Å². The summed E-state index contributed by atoms with van der Waals surface area (Å²) >= 11 is 0. The Hall–Kier alpha value is -2.49. The van der Waals surface area contributed by atoms with E-state index < -0.39 is 0 Å². The van der Waals surface area contributed by atoms with Gasteiger partial charge in [0.15, 0.2) is 0 Å². The summed E-state index contributed by atoms with van der Waals surface area (Å²) in [5, 5.41) is 6.00. The normalized spacial score (nSPS) is 15.8. The number of fused-ring (bicyclic) bond motifs is 1. The van der Waals surface area contributed by atoms with E-state index in [9.17, 15) is 4.79 Å². The van der Waals surface area contributed by atoms with E-state index in [-0.39, 0.29) is 12.1 Å². The third kappa shape index (κ3) is 3.47. The summed E-state index contributed by atoms with van der Waals surface area (Å²) in [5.74, 6) is 0.820. The molecule has 120 valence electrons. The highest BCUT2D eigenvalue weighted by Gasteiger charge is 2.23. The Labute approximate surface area is 136 Å². The summed E-state index contributed by atoms with van der Waals surface area (Å²) < 4.78 is 5.46. The van der Waals surface area contributed by atoms with Crippen molar-refractivity contribution in [3.05, 3.63) is 59.2 Å². The number of urea groups is 1. The van der Waals surface area contributed by atoms with Gasteiger partial charge in [0.1, 0.15) is 5.75 Å². The largest absolute Gasteiger partial charge is 0.494 e. The highest BCUT2D eigenvalue weighted by molar-refractivity contribution is 5.90. The van der Waals surface area contributed by atoms with Gasteiger partial charge in [0.2, 0.25) is 0 Å². The molecule has 2 amide bonds. The van der Waals surface area contributed by atoms with E-state index in [1.807, 2.05) is 44.2 Å². The molecule has 0 bridgehead atoms. The summed E-state index contributed by atoms with van der Waals surface area (Å²) in [7, 11) is 0. The van der Waals surface area contributed by atoms with Gasteiger partial charge in [-0.2, -0.15) is 0 Å². The number of ether oxygens (including phenoxy) is 1. The quantitative estimate of drug-likeness (QED) is 0.889. The number of amides is 2. The molecule has 2 aromatic rings. The van der Waals surface area contributed by atoms with Gasteiger partial charge < -0.3 is 15.4 Å². The summed E-state index contributed by atoms with van der Waals surface area (Å²) in [6, 6.07) is 13.9. The van der Waals surface area contributed by atoms with Gasteiger partial charge in [-0.25, -0.2) is 4.79 Å². The smallest absolute Gasteiger partial charge is 0.319 e. The fraction of sp³-hybridized carbons (Fsp3) is 0.316. The number of rotatable bonds is 4. The van der Waals surface area contributed by atoms with Crippen molar-refractivity contribution in [3.8, 4) is 5.75 Å². The second kappa shape index (κ2) is 6.73. The molecule has 0 aromatic heterocycles. The van der Waals surface area contributed by atoms with Crippen LogP contribution in [0, 0.1) is 6.92 Å². The second-order valence-corrected chi connectivity index (χ2v) is 5.80. The Balaban J connectivity index is 1.64. The molecule has 0 spiro atoms. The third-order valence-electron chi connectivity index (χ3n) is 4.20. The van der Waals surface area contributed by atoms with Crippen LogP contribution in [0.5, 0.6) is 5.75 Å². The minimum absolute atomic E-state index is 0.0919. The maximum atomic E-state index is 12.3. The van der Waals surface area contributed by atoms with Gasteiger partial charge in [-0.15, -0.1) is 0 Å². The number of anilines is 1. The van der Waals surface area contributed by atoms with Crippen molar-refractivity contribution in [1.82, 2.24) is 5.32 Å². The Bertz CT molecular complexity index is 712. The lowest BCUT2D eigenvalue weighted by atomic mass is 10.1. The SMILES string of the molecule is CCOc1ccc(NC(=O)NC2CCc3ccccc32)c(C)c1. The highest BCUT2D eigenvalue weighted by atomic mass is 16.5. The molecule has 0 aliphatic heterocycles. The first-order valence-electron chi connectivity index (χ1n) is 8.06. The van der Waals surface area contributed by atoms with Crippen LogP contribution in [0.4, 0.5) is 10.5 Å². The molecule has 2 N–H and O–H groups in total. The van der Waals surface area contributed by atoms with Gasteiger partial charge in [-0.1, -0.05) is 24.3 Å². The Kier molecular flexibility index (Phi) is 4.51. The third-order valence-corrected chi connectivity index (χ3v) is 4.20. The van der Waals surface area contributed by atoms with Gasteiger partial charge in [0.05, 0.1) is 12.6 Å². The lowest BCUT2D eigenvalue weighted by Gasteiger charge is -2.16. The zero-order valence-corrected chi connectivity index (χ0v) is 13.6. The molecule has 0 heterocycles. The molecule has 4 nitrogen and oxygen atoms in total. The summed E-state index contributed by atoms with van der Waals surface area (Å²) in [5.41, 5.74) is 4.34. The molecule has 0 saturated heterocycles. The van der Waals surface area contributed by atoms with Crippen LogP contribution >= 0.6 is 0 Å². The molecule has 1 atom stereocenters. The monoisotopic (exact) mass is 310 g/mol. The van der Waals surface area contributed by atoms with Crippen molar-refractivity contribution >= 4 is 11.7 Å². The molecule has 2 aromatic carbocycles. The van der Waals surface area contributed by atoms with Crippen LogP contribution < -0.4 is 15.4 Å². The Morgan fingerprint density at radius 2 is 2.09 bits per heavy atom. The fourth-order valence-electron chi connectivity index (χ4n) is 3.06. The zero-order valence-electron chi connectivity index (χ0n) is 13.6. The second-order valence-electron chi connectivity index (χ2n) is 5.80. The van der Waals surface area contributed by atoms with Crippen molar-refractivity contribution in [3.63, 3.8) is 0 Å². The molecule has 1 aliphatic carbocycles. The lowest BCUT2D eigenvalue weighted by Crippen LogP contribution is -2.31. The van der Waals surface area contributed by atoms with Crippen LogP contribution in [0.2, 0.25) is 0 Å². The number of benzene rings is 2. The maximum absolute atomic E-state index is 12.3. The van der Waals surface area contributed by atoms with Crippen LogP contribution in [0.25, 0.3) is 0 Å². The maximum Gasteiger partial charge on any atom is 0.319 e. The predicted octanol–water partition coefficient (Wildman–Crippen LogP) is 4.20. The topological polar surface area (TPSA) is 50.4 Å². The van der Waals surface area contributed by atoms with E-state index in [0.29, 0.717) is 6.61 Å². The number of hydrogen-bond acceptors (Lipinski definition) is 2. The molecule has 23 heavy (non-hydrogen) atoms. The first kappa shape index (κ1) is 15.4. The van der Waals surface area contributed by atoms with Gasteiger partial charge in [-0.05, 0) is 61.6 Å². The molecule has 1 aliphatic rings. The van der Waals surface area contributed by atoms with Crippen molar-refractivity contribution in [2.45, 2.75) is 32.7 Å². The van der Waals surface area contributed by atoms with Crippen molar-refractivity contribution in [2.24, 2.45) is 0 Å². The predicted molar refractivity (Wildman–Crippen MR) is 92.0 cm³/mol. The molecule has 4 heteroatoms. The van der Waals surface area contributed by atoms with Gasteiger partial charge in [-0.3, -0.25) is 0 Å². The first-order chi connectivity index (χ1) is 11.2. The number of aryl methyl sites for hydroxylation is 2. The standard InChI is InChI=1S/C19H22N2O2/c1-3-23-15-9-11-17(13(2)12-15)20-19(22)21-18-10-8-14-6-4-5-7-16(14)18/h4-7,9,11-12,18H,3,8,10H2,1-2H3,(H2,20,21,22). The van der Waals surface area contributed by atoms with E-state index in [1.165, 1.54) is 11.1 Å². The van der Waals surface area contributed by atoms with Gasteiger partial charge in [0, 0.05) is 5.69 Å². The average molecular weight is 310 g/mol. The number of carbonyl (C=O) groups is 1. The van der Waals surface area contributed by atoms with Crippen LogP contribution in [-0.4, -0.2) is 12.6 Å². The number of hydrogen-bond donors (Lipinski definition) is 2. The van der Waals surface area contributed by atoms with E-state index in [1.54, 1.807) is 0 Å². The van der Waals surface area contributed by atoms with E-state index >= 15 is 0 Å². The van der Waals surface area contributed by atoms with Gasteiger partial charge in [0.25, 0.3) is 0 Å². The summed E-state index contributed by atoms with van der Waals surface area (Å²) in [4.78, 5) is 12.3. The number of carbonyl (C=O) groups excluding carboxylic acids is 1. The van der Waals surface area contributed by atoms with Crippen LogP contribution in [0.1, 0.15) is 36.1 Å². The summed E-state index contributed by atoms with van der Waals surface area (Å²) in [6.45, 7) is 4.55. The van der Waals surface area contributed by atoms with Crippen molar-refractivity contribution < 1.29 is 9.53 Å². The number of nitrogens with one attached hydrogen (secondary N) is 2. The van der Waals surface area contributed by atoms with Crippen LogP contribution in [0.15, 0.2) is 42.5 Å². The highest BCUT2D eigenvalue weighted by Crippen LogP contribution is 2.30. The molecule has 3 rings (SSSR count). The Morgan fingerprint density at radius 1 is 1.26 bits per heavy atom. The van der Waals surface area contributed by atoms with Crippen molar-refractivity contribution in [1.29, 1.82) is 0 Å². The van der Waals surface area contributed by atoms with Crippen LogP contribution in [-0.2, 0) is 6.42 Å². The molecular weight excluding hydrogens is 288 g/mol. The molecule has 0 saturated carbocycles.